The van der Waals surface area contributed by atoms with E-state index < -0.39 is 5.91 Å². The second kappa shape index (κ2) is 13.6. The van der Waals surface area contributed by atoms with Gasteiger partial charge in [-0.05, 0) is 41.5 Å². The zero-order valence-corrected chi connectivity index (χ0v) is 22.1. The highest BCUT2D eigenvalue weighted by molar-refractivity contribution is 6.03. The van der Waals surface area contributed by atoms with Gasteiger partial charge in [0.1, 0.15) is 0 Å². The second-order valence-electron chi connectivity index (χ2n) is 9.41. The largest absolute Gasteiger partial charge is 0.373 e. The fourth-order valence-corrected chi connectivity index (χ4v) is 4.40. The van der Waals surface area contributed by atoms with Crippen LogP contribution >= 0.6 is 0 Å². The first-order valence-corrected chi connectivity index (χ1v) is 13.2. The summed E-state index contributed by atoms with van der Waals surface area (Å²) in [6.07, 6.45) is 8.13. The van der Waals surface area contributed by atoms with E-state index in [0.717, 1.165) is 35.5 Å². The summed E-state index contributed by atoms with van der Waals surface area (Å²) in [4.78, 5) is 35.9. The number of fused-ring (bicyclic) bond motifs is 7. The highest BCUT2D eigenvalue weighted by atomic mass is 16.5. The molecule has 0 radical (unpaired) electrons. The van der Waals surface area contributed by atoms with Crippen molar-refractivity contribution in [1.82, 2.24) is 20.2 Å². The van der Waals surface area contributed by atoms with E-state index in [1.807, 2.05) is 48.6 Å². The maximum absolute atomic E-state index is 12.7. The summed E-state index contributed by atoms with van der Waals surface area (Å²) in [6.45, 7) is 4.46. The molecule has 2 aliphatic heterocycles. The second-order valence-corrected chi connectivity index (χ2v) is 9.41. The molecule has 6 bridgehead atoms. The average Bonchev–Trinajstić information content (AvgIpc) is 2.97. The van der Waals surface area contributed by atoms with Crippen molar-refractivity contribution in [3.8, 4) is 11.3 Å². The van der Waals surface area contributed by atoms with Gasteiger partial charge in [0, 0.05) is 61.5 Å². The van der Waals surface area contributed by atoms with Crippen LogP contribution in [-0.4, -0.2) is 66.1 Å². The number of piperazine rings is 1. The van der Waals surface area contributed by atoms with E-state index >= 15 is 0 Å². The Morgan fingerprint density at radius 1 is 0.925 bits per heavy atom. The maximum Gasteiger partial charge on any atom is 0.248 e. The molecule has 1 fully saturated rings. The minimum Gasteiger partial charge on any atom is -0.373 e. The minimum atomic E-state index is -0.400. The molecule has 2 amide bonds. The summed E-state index contributed by atoms with van der Waals surface area (Å²) < 4.78 is 11.6. The van der Waals surface area contributed by atoms with Crippen molar-refractivity contribution in [3.63, 3.8) is 0 Å². The Hall–Kier alpha value is -4.38. The van der Waals surface area contributed by atoms with Gasteiger partial charge in [-0.15, -0.1) is 0 Å². The Morgan fingerprint density at radius 2 is 1.73 bits per heavy atom. The average molecular weight is 541 g/mol. The fourth-order valence-electron chi connectivity index (χ4n) is 4.40. The van der Waals surface area contributed by atoms with Gasteiger partial charge in [-0.2, -0.15) is 0 Å². The number of aromatic nitrogens is 2. The topological polar surface area (TPSA) is 118 Å². The first-order chi connectivity index (χ1) is 19.6. The minimum absolute atomic E-state index is 0.179. The molecular formula is C30H32N6O4. The molecule has 1 saturated heterocycles. The number of carbonyl (C=O) groups is 2. The van der Waals surface area contributed by atoms with E-state index in [1.165, 1.54) is 12.2 Å². The lowest BCUT2D eigenvalue weighted by Gasteiger charge is -2.26. The van der Waals surface area contributed by atoms with Gasteiger partial charge >= 0.3 is 0 Å². The van der Waals surface area contributed by atoms with Crippen LogP contribution in [0.5, 0.6) is 0 Å². The molecule has 0 spiro atoms. The number of hydrogen-bond donors (Lipinski definition) is 3. The smallest absolute Gasteiger partial charge is 0.248 e. The van der Waals surface area contributed by atoms with E-state index in [2.05, 4.69) is 27.0 Å². The molecule has 5 rings (SSSR count). The Labute approximate surface area is 233 Å². The van der Waals surface area contributed by atoms with E-state index in [1.54, 1.807) is 17.2 Å². The van der Waals surface area contributed by atoms with Crippen molar-refractivity contribution in [2.24, 2.45) is 0 Å². The van der Waals surface area contributed by atoms with Crippen molar-refractivity contribution in [2.45, 2.75) is 13.2 Å². The van der Waals surface area contributed by atoms with Crippen LogP contribution in [0.15, 0.2) is 79.0 Å². The van der Waals surface area contributed by atoms with Crippen molar-refractivity contribution in [3.05, 3.63) is 90.2 Å². The molecule has 1 aromatic heterocycles. The van der Waals surface area contributed by atoms with Crippen LogP contribution in [0, 0.1) is 0 Å². The summed E-state index contributed by atoms with van der Waals surface area (Å²) in [5, 5.41) is 9.31. The van der Waals surface area contributed by atoms with Gasteiger partial charge in [0.15, 0.2) is 0 Å². The van der Waals surface area contributed by atoms with Crippen LogP contribution < -0.4 is 16.0 Å². The predicted octanol–water partition coefficient (Wildman–Crippen LogP) is 3.42. The van der Waals surface area contributed by atoms with Crippen molar-refractivity contribution >= 4 is 29.1 Å². The van der Waals surface area contributed by atoms with E-state index in [-0.39, 0.29) is 5.91 Å². The normalized spacial score (nSPS) is 16.9. The Kier molecular flexibility index (Phi) is 9.25. The standard InChI is InChI=1S/C30H32N6O4/c37-28(6-7-29(38)36-12-10-31-11-13-36)33-25-17-23-18-26(19-25)34-30-32-9-8-27(35-30)24-5-3-4-22(16-24)20-39-14-1-2-15-40-21-23/h1-9,16-19,31H,10-15,20-21H2,(H,33,37)(H,32,34,35)/b2-1+,7-6+. The van der Waals surface area contributed by atoms with E-state index in [9.17, 15) is 9.59 Å². The van der Waals surface area contributed by atoms with Crippen molar-refractivity contribution < 1.29 is 19.1 Å². The number of hydrogen-bond acceptors (Lipinski definition) is 8. The first-order valence-electron chi connectivity index (χ1n) is 13.2. The molecule has 10 heteroatoms. The first kappa shape index (κ1) is 27.2. The van der Waals surface area contributed by atoms with Crippen LogP contribution in [-0.2, 0) is 32.3 Å². The van der Waals surface area contributed by atoms with Gasteiger partial charge in [0.25, 0.3) is 0 Å². The number of ether oxygens (including phenoxy) is 2. The molecule has 3 N–H and O–H groups in total. The number of benzene rings is 2. The zero-order chi connectivity index (χ0) is 27.6. The molecule has 10 nitrogen and oxygen atoms in total. The lowest BCUT2D eigenvalue weighted by Crippen LogP contribution is -2.45. The molecule has 3 aromatic rings. The van der Waals surface area contributed by atoms with Crippen LogP contribution in [0.2, 0.25) is 0 Å². The highest BCUT2D eigenvalue weighted by Crippen LogP contribution is 2.24. The van der Waals surface area contributed by atoms with Crippen LogP contribution in [0.3, 0.4) is 0 Å². The van der Waals surface area contributed by atoms with Gasteiger partial charge < -0.3 is 30.3 Å². The number of rotatable bonds is 3. The number of nitrogens with zero attached hydrogens (tertiary/aromatic N) is 3. The summed E-state index contributed by atoms with van der Waals surface area (Å²) in [6, 6.07) is 15.5. The highest BCUT2D eigenvalue weighted by Gasteiger charge is 2.14. The van der Waals surface area contributed by atoms with Gasteiger partial charge in [-0.25, -0.2) is 9.97 Å². The van der Waals surface area contributed by atoms with Crippen molar-refractivity contribution in [1.29, 1.82) is 0 Å². The Morgan fingerprint density at radius 3 is 2.55 bits per heavy atom. The van der Waals surface area contributed by atoms with E-state index in [0.29, 0.717) is 56.8 Å². The van der Waals surface area contributed by atoms with Crippen LogP contribution in [0.4, 0.5) is 17.3 Å². The van der Waals surface area contributed by atoms with Crippen LogP contribution in [0.25, 0.3) is 11.3 Å². The molecule has 2 aliphatic rings. The van der Waals surface area contributed by atoms with Gasteiger partial charge in [0.2, 0.25) is 17.8 Å². The molecule has 40 heavy (non-hydrogen) atoms. The molecule has 0 atom stereocenters. The van der Waals surface area contributed by atoms with Gasteiger partial charge in [0.05, 0.1) is 32.1 Å². The van der Waals surface area contributed by atoms with Gasteiger partial charge in [-0.3, -0.25) is 9.59 Å². The van der Waals surface area contributed by atoms with Gasteiger partial charge in [-0.1, -0.05) is 30.4 Å². The molecule has 0 saturated carbocycles. The molecule has 206 valence electrons. The Bertz CT molecular complexity index is 1400. The molecular weight excluding hydrogens is 508 g/mol. The van der Waals surface area contributed by atoms with Crippen LogP contribution in [0.1, 0.15) is 11.1 Å². The number of anilines is 3. The summed E-state index contributed by atoms with van der Waals surface area (Å²) >= 11 is 0. The SMILES string of the molecule is O=C(/C=C/C(=O)N1CCNCC1)Nc1cc2cc(c1)Nc1nccc(n1)-c1cccc(c1)COC/C=C/COC2. The monoisotopic (exact) mass is 540 g/mol. The predicted molar refractivity (Wildman–Crippen MR) is 153 cm³/mol. The molecule has 2 aromatic carbocycles. The summed E-state index contributed by atoms with van der Waals surface area (Å²) in [7, 11) is 0. The maximum atomic E-state index is 12.7. The quantitative estimate of drug-likeness (QED) is 0.342. The number of carbonyl (C=O) groups excluding carboxylic acids is 2. The molecule has 3 heterocycles. The Balaban J connectivity index is 1.36. The van der Waals surface area contributed by atoms with E-state index in [4.69, 9.17) is 14.5 Å². The van der Waals surface area contributed by atoms with Crippen molar-refractivity contribution in [2.75, 3.05) is 50.0 Å². The lowest BCUT2D eigenvalue weighted by molar-refractivity contribution is -0.126. The molecule has 0 unspecified atom stereocenters. The summed E-state index contributed by atoms with van der Waals surface area (Å²) in [5.74, 6) is -0.162. The lowest BCUT2D eigenvalue weighted by atomic mass is 10.1. The number of amides is 2. The molecule has 0 aliphatic carbocycles. The summed E-state index contributed by atoms with van der Waals surface area (Å²) in [5.41, 5.74) is 4.86. The fraction of sp³-hybridized carbons (Fsp3) is 0.267. The third-order valence-electron chi connectivity index (χ3n) is 6.33. The third-order valence-corrected chi connectivity index (χ3v) is 6.33. The zero-order valence-electron chi connectivity index (χ0n) is 22.1. The third kappa shape index (κ3) is 7.82. The number of nitrogens with one attached hydrogen (secondary N) is 3.